The fourth-order valence-corrected chi connectivity index (χ4v) is 4.93. The van der Waals surface area contributed by atoms with Gasteiger partial charge in [0.05, 0.1) is 23.2 Å². The molecule has 1 fully saturated rings. The van der Waals surface area contributed by atoms with E-state index in [0.717, 1.165) is 11.3 Å². The van der Waals surface area contributed by atoms with Crippen molar-refractivity contribution in [1.29, 1.82) is 0 Å². The Hall–Kier alpha value is -3.04. The van der Waals surface area contributed by atoms with E-state index in [1.807, 2.05) is 6.92 Å². The zero-order valence-electron chi connectivity index (χ0n) is 19.1. The van der Waals surface area contributed by atoms with Crippen LogP contribution in [0.4, 0.5) is 0 Å². The first kappa shape index (κ1) is 24.1. The highest BCUT2D eigenvalue weighted by Crippen LogP contribution is 2.44. The molecule has 0 aromatic heterocycles. The molecule has 2 aromatic carbocycles. The molecule has 0 saturated carbocycles. The topological polar surface area (TPSA) is 106 Å². The van der Waals surface area contributed by atoms with Crippen molar-refractivity contribution in [2.75, 3.05) is 27.4 Å². The van der Waals surface area contributed by atoms with E-state index in [9.17, 15) is 19.8 Å². The van der Waals surface area contributed by atoms with Gasteiger partial charge in [0.25, 0.3) is 11.7 Å². The van der Waals surface area contributed by atoms with Gasteiger partial charge in [0, 0.05) is 32.2 Å². The molecule has 0 aliphatic carbocycles. The van der Waals surface area contributed by atoms with Crippen molar-refractivity contribution < 1.29 is 34.0 Å². The predicted octanol–water partition coefficient (Wildman–Crippen LogP) is 3.94. The molecule has 0 spiro atoms. The third-order valence-electron chi connectivity index (χ3n) is 6.04. The maximum Gasteiger partial charge on any atom is 0.295 e. The highest BCUT2D eigenvalue weighted by molar-refractivity contribution is 9.10. The monoisotopic (exact) mass is 531 g/mol. The quantitative estimate of drug-likeness (QED) is 0.241. The number of ketones is 1. The lowest BCUT2D eigenvalue weighted by Gasteiger charge is -2.26. The maximum absolute atomic E-state index is 13.2. The lowest BCUT2D eigenvalue weighted by molar-refractivity contribution is -0.140. The van der Waals surface area contributed by atoms with Crippen molar-refractivity contribution in [3.05, 3.63) is 57.1 Å². The van der Waals surface area contributed by atoms with Gasteiger partial charge in [0.1, 0.15) is 17.6 Å². The molecule has 0 radical (unpaired) electrons. The first-order valence-electron chi connectivity index (χ1n) is 10.9. The van der Waals surface area contributed by atoms with Gasteiger partial charge in [0.15, 0.2) is 11.5 Å². The minimum Gasteiger partial charge on any atom is -0.507 e. The largest absolute Gasteiger partial charge is 0.507 e. The third-order valence-corrected chi connectivity index (χ3v) is 6.65. The number of rotatable bonds is 7. The number of methoxy groups -OCH3 is 2. The summed E-state index contributed by atoms with van der Waals surface area (Å²) in [6, 6.07) is 7.53. The van der Waals surface area contributed by atoms with Gasteiger partial charge < -0.3 is 29.3 Å². The van der Waals surface area contributed by atoms with Crippen molar-refractivity contribution in [2.24, 2.45) is 0 Å². The molecule has 2 aliphatic heterocycles. The lowest BCUT2D eigenvalue weighted by atomic mass is 9.94. The normalized spacial score (nSPS) is 21.0. The summed E-state index contributed by atoms with van der Waals surface area (Å²) in [6.45, 7) is 2.61. The van der Waals surface area contributed by atoms with Gasteiger partial charge in [-0.05, 0) is 70.7 Å². The van der Waals surface area contributed by atoms with Gasteiger partial charge in [0.2, 0.25) is 0 Å². The van der Waals surface area contributed by atoms with Crippen LogP contribution in [0.2, 0.25) is 0 Å². The van der Waals surface area contributed by atoms with E-state index in [0.29, 0.717) is 35.0 Å². The number of likely N-dealkylation sites (tertiary alicyclic amines) is 1. The second-order valence-electron chi connectivity index (χ2n) is 8.35. The molecule has 4 rings (SSSR count). The number of benzene rings is 2. The highest BCUT2D eigenvalue weighted by atomic mass is 79.9. The summed E-state index contributed by atoms with van der Waals surface area (Å²) in [6.07, 6.45) is 1.22. The molecule has 9 heteroatoms. The van der Waals surface area contributed by atoms with Crippen molar-refractivity contribution in [3.8, 4) is 17.2 Å². The highest BCUT2D eigenvalue weighted by Gasteiger charge is 2.46. The van der Waals surface area contributed by atoms with Crippen LogP contribution < -0.4 is 9.47 Å². The first-order valence-corrected chi connectivity index (χ1v) is 11.7. The third kappa shape index (κ3) is 4.25. The van der Waals surface area contributed by atoms with Crippen molar-refractivity contribution >= 4 is 33.4 Å². The molecule has 1 amide bonds. The summed E-state index contributed by atoms with van der Waals surface area (Å²) in [5, 5.41) is 21.6. The second-order valence-corrected chi connectivity index (χ2v) is 9.20. The molecule has 2 N–H and O–H groups in total. The zero-order valence-corrected chi connectivity index (χ0v) is 20.7. The molecule has 8 nitrogen and oxygen atoms in total. The Morgan fingerprint density at radius 2 is 2.00 bits per heavy atom. The molecule has 2 atom stereocenters. The van der Waals surface area contributed by atoms with Crippen LogP contribution >= 0.6 is 15.9 Å². The van der Waals surface area contributed by atoms with E-state index in [1.54, 1.807) is 37.4 Å². The molecular formula is C25H26BrNO7. The van der Waals surface area contributed by atoms with Gasteiger partial charge in [-0.3, -0.25) is 9.59 Å². The molecule has 1 saturated heterocycles. The van der Waals surface area contributed by atoms with Gasteiger partial charge >= 0.3 is 0 Å². The summed E-state index contributed by atoms with van der Waals surface area (Å²) in [7, 11) is 2.97. The van der Waals surface area contributed by atoms with Gasteiger partial charge in [-0.25, -0.2) is 0 Å². The maximum atomic E-state index is 13.2. The number of aromatic hydroxyl groups is 1. The number of aliphatic hydroxyl groups is 1. The van der Waals surface area contributed by atoms with E-state index < -0.39 is 17.7 Å². The molecule has 180 valence electrons. The number of carbonyl (C=O) groups excluding carboxylic acids is 2. The minimum absolute atomic E-state index is 0.0195. The average Bonchev–Trinajstić information content (AvgIpc) is 3.31. The number of phenols is 1. The van der Waals surface area contributed by atoms with Gasteiger partial charge in [-0.2, -0.15) is 0 Å². The van der Waals surface area contributed by atoms with Crippen LogP contribution in [-0.4, -0.2) is 60.3 Å². The van der Waals surface area contributed by atoms with Crippen molar-refractivity contribution in [3.63, 3.8) is 0 Å². The van der Waals surface area contributed by atoms with Crippen LogP contribution in [0.25, 0.3) is 5.76 Å². The number of aliphatic hydroxyl groups excluding tert-OH is 1. The molecule has 0 bridgehead atoms. The Morgan fingerprint density at radius 1 is 1.24 bits per heavy atom. The van der Waals surface area contributed by atoms with Gasteiger partial charge in [-0.15, -0.1) is 0 Å². The van der Waals surface area contributed by atoms with E-state index in [1.165, 1.54) is 12.0 Å². The summed E-state index contributed by atoms with van der Waals surface area (Å²) in [5.41, 5.74) is 1.85. The van der Waals surface area contributed by atoms with Crippen LogP contribution in [0.3, 0.4) is 0 Å². The SMILES string of the molecule is COCCCN1C(=O)C(=O)/C(=C(/O)c2ccc3c(c2)C[C@H](C)O3)[C@@H]1c1cc(Br)c(O)c(OC)c1. The van der Waals surface area contributed by atoms with Crippen LogP contribution in [0.5, 0.6) is 17.2 Å². The second kappa shape index (κ2) is 9.68. The average molecular weight is 532 g/mol. The molecule has 34 heavy (non-hydrogen) atoms. The summed E-state index contributed by atoms with van der Waals surface area (Å²) in [5.74, 6) is -0.918. The van der Waals surface area contributed by atoms with Crippen LogP contribution in [0, 0.1) is 0 Å². The lowest BCUT2D eigenvalue weighted by Crippen LogP contribution is -2.31. The Kier molecular flexibility index (Phi) is 6.86. The number of phenolic OH excluding ortho intramolecular Hbond substituents is 1. The summed E-state index contributed by atoms with van der Waals surface area (Å²) >= 11 is 3.31. The number of nitrogens with zero attached hydrogens (tertiary/aromatic N) is 1. The number of fused-ring (bicyclic) bond motifs is 1. The zero-order chi connectivity index (χ0) is 24.6. The molecule has 0 unspecified atom stereocenters. The van der Waals surface area contributed by atoms with E-state index >= 15 is 0 Å². The van der Waals surface area contributed by atoms with Crippen LogP contribution in [0.15, 0.2) is 40.4 Å². The fourth-order valence-electron chi connectivity index (χ4n) is 4.47. The van der Waals surface area contributed by atoms with E-state index in [-0.39, 0.29) is 35.5 Å². The Morgan fingerprint density at radius 3 is 2.71 bits per heavy atom. The number of hydrogen-bond acceptors (Lipinski definition) is 7. The van der Waals surface area contributed by atoms with E-state index in [2.05, 4.69) is 15.9 Å². The number of halogens is 1. The molecule has 2 heterocycles. The number of ether oxygens (including phenoxy) is 3. The minimum atomic E-state index is -0.869. The fraction of sp³-hybridized carbons (Fsp3) is 0.360. The molecule has 2 aromatic rings. The van der Waals surface area contributed by atoms with Gasteiger partial charge in [-0.1, -0.05) is 0 Å². The smallest absolute Gasteiger partial charge is 0.295 e. The predicted molar refractivity (Wildman–Crippen MR) is 128 cm³/mol. The number of amides is 1. The van der Waals surface area contributed by atoms with E-state index in [4.69, 9.17) is 14.2 Å². The summed E-state index contributed by atoms with van der Waals surface area (Å²) < 4.78 is 16.5. The Bertz CT molecular complexity index is 1180. The number of Topliss-reactive ketones (excluding diaryl/α,β-unsaturated/α-hetero) is 1. The number of carbonyl (C=O) groups is 2. The van der Waals surface area contributed by atoms with Crippen LogP contribution in [0.1, 0.15) is 36.1 Å². The molecule has 2 aliphatic rings. The van der Waals surface area contributed by atoms with Crippen molar-refractivity contribution in [2.45, 2.75) is 31.9 Å². The standard InChI is InChI=1S/C25H26BrNO7/c1-13-9-15-10-14(5-6-18(15)34-13)22(28)20-21(16-11-17(26)23(29)19(12-16)33-3)27(7-4-8-32-2)25(31)24(20)30/h5-6,10-13,21,28-29H,4,7-9H2,1-3H3/b22-20+/t13-,21-/m0/s1. The Balaban J connectivity index is 1.86. The van der Waals surface area contributed by atoms with Crippen LogP contribution in [-0.2, 0) is 20.7 Å². The summed E-state index contributed by atoms with van der Waals surface area (Å²) in [4.78, 5) is 27.6. The Labute approximate surface area is 205 Å². The van der Waals surface area contributed by atoms with Crippen molar-refractivity contribution in [1.82, 2.24) is 4.90 Å². The number of hydrogen-bond donors (Lipinski definition) is 2. The molecular weight excluding hydrogens is 506 g/mol. The first-order chi connectivity index (χ1) is 16.3.